The van der Waals surface area contributed by atoms with Crippen molar-refractivity contribution in [1.29, 1.82) is 0 Å². The van der Waals surface area contributed by atoms with Crippen LogP contribution in [0, 0.1) is 5.92 Å². The van der Waals surface area contributed by atoms with Gasteiger partial charge in [0.25, 0.3) is 5.56 Å². The van der Waals surface area contributed by atoms with Crippen molar-refractivity contribution in [3.8, 4) is 0 Å². The molecule has 3 rings (SSSR count). The van der Waals surface area contributed by atoms with E-state index in [1.54, 1.807) is 0 Å². The fraction of sp³-hybridized carbons (Fsp3) is 0.545. The van der Waals surface area contributed by atoms with E-state index in [1.165, 1.54) is 0 Å². The number of aromatic nitrogens is 2. The number of rotatable bonds is 1. The first-order chi connectivity index (χ1) is 9.51. The summed E-state index contributed by atoms with van der Waals surface area (Å²) in [5, 5.41) is 21.7. The number of ether oxygens (including phenoxy) is 1. The van der Waals surface area contributed by atoms with Crippen molar-refractivity contribution in [2.75, 3.05) is 17.7 Å². The summed E-state index contributed by atoms with van der Waals surface area (Å²) in [6.45, 7) is -0.477. The maximum atomic E-state index is 12.1. The van der Waals surface area contributed by atoms with E-state index >= 15 is 0 Å². The Balaban J connectivity index is 1.98. The number of ketones is 1. The Morgan fingerprint density at radius 2 is 2.20 bits per heavy atom. The first-order valence-electron chi connectivity index (χ1n) is 6.14. The van der Waals surface area contributed by atoms with E-state index in [9.17, 15) is 14.7 Å². The predicted molar refractivity (Wildman–Crippen MR) is 66.8 cm³/mol. The number of nitrogens with two attached hydrogens (primary N) is 1. The normalized spacial score (nSPS) is 32.2. The summed E-state index contributed by atoms with van der Waals surface area (Å²) >= 11 is 0. The number of carbonyl (C=O) groups excluding carboxylic acids is 1. The average molecular weight is 282 g/mol. The van der Waals surface area contributed by atoms with Gasteiger partial charge in [-0.25, -0.2) is 0 Å². The molecule has 1 aromatic rings. The average Bonchev–Trinajstić information content (AvgIpc) is 2.41. The molecule has 1 aromatic heterocycles. The van der Waals surface area contributed by atoms with Crippen LogP contribution in [0.2, 0.25) is 0 Å². The summed E-state index contributed by atoms with van der Waals surface area (Å²) in [6, 6.07) is 0. The van der Waals surface area contributed by atoms with Crippen LogP contribution < -0.4 is 16.6 Å². The fourth-order valence-corrected chi connectivity index (χ4v) is 2.57. The third-order valence-electron chi connectivity index (χ3n) is 3.61. The number of nitrogens with zero attached hydrogens (tertiary/aromatic N) is 1. The summed E-state index contributed by atoms with van der Waals surface area (Å²) in [6.07, 6.45) is -3.03. The van der Waals surface area contributed by atoms with Crippen LogP contribution in [-0.4, -0.2) is 51.0 Å². The van der Waals surface area contributed by atoms with Crippen LogP contribution in [0.15, 0.2) is 4.79 Å². The molecule has 4 atom stereocenters. The highest BCUT2D eigenvalue weighted by atomic mass is 16.5. The predicted octanol–water partition coefficient (Wildman–Crippen LogP) is -2.42. The SMILES string of the molecule is Nc1nc2c(c(=O)[nH]1)C[C@H]1C(=O)[C@@H](O)[C@@H](CO)O[C@H]1N2. The molecule has 0 bridgehead atoms. The molecule has 3 heterocycles. The van der Waals surface area contributed by atoms with E-state index in [2.05, 4.69) is 15.3 Å². The number of aromatic amines is 1. The number of nitrogens with one attached hydrogen (secondary N) is 2. The van der Waals surface area contributed by atoms with Gasteiger partial charge in [-0.3, -0.25) is 14.6 Å². The smallest absolute Gasteiger partial charge is 0.257 e. The first-order valence-corrected chi connectivity index (χ1v) is 6.14. The van der Waals surface area contributed by atoms with E-state index in [0.29, 0.717) is 5.56 Å². The Bertz CT molecular complexity index is 615. The van der Waals surface area contributed by atoms with Gasteiger partial charge >= 0.3 is 0 Å². The minimum atomic E-state index is -1.40. The van der Waals surface area contributed by atoms with Gasteiger partial charge in [0.05, 0.1) is 18.1 Å². The number of aliphatic hydroxyl groups excluding tert-OH is 2. The van der Waals surface area contributed by atoms with Crippen molar-refractivity contribution in [3.05, 3.63) is 15.9 Å². The van der Waals surface area contributed by atoms with Gasteiger partial charge in [-0.05, 0) is 6.42 Å². The molecule has 0 saturated carbocycles. The minimum absolute atomic E-state index is 0.0411. The second kappa shape index (κ2) is 4.54. The van der Waals surface area contributed by atoms with Crippen molar-refractivity contribution >= 4 is 17.5 Å². The molecule has 9 heteroatoms. The van der Waals surface area contributed by atoms with E-state index in [-0.39, 0.29) is 18.2 Å². The van der Waals surface area contributed by atoms with Crippen LogP contribution in [-0.2, 0) is 16.0 Å². The third kappa shape index (κ3) is 1.87. The van der Waals surface area contributed by atoms with Gasteiger partial charge in [0.15, 0.2) is 5.78 Å². The van der Waals surface area contributed by atoms with E-state index in [0.717, 1.165) is 0 Å². The Hall–Kier alpha value is -1.97. The standard InChI is InChI=1S/C11H14N4O5/c12-11-14-8-4(9(19)15-11)1-3-6(17)7(18)5(2-16)20-10(3)13-8/h3,5,7,10,16,18H,1-2H2,(H4,12,13,14,15,19)/t3-,5+,7-,10+/m0/s1. The zero-order chi connectivity index (χ0) is 14.4. The lowest BCUT2D eigenvalue weighted by Crippen LogP contribution is -2.58. The summed E-state index contributed by atoms with van der Waals surface area (Å²) < 4.78 is 5.43. The van der Waals surface area contributed by atoms with E-state index < -0.39 is 42.3 Å². The van der Waals surface area contributed by atoms with Crippen molar-refractivity contribution in [1.82, 2.24) is 9.97 Å². The van der Waals surface area contributed by atoms with Crippen LogP contribution in [0.5, 0.6) is 0 Å². The fourth-order valence-electron chi connectivity index (χ4n) is 2.57. The lowest BCUT2D eigenvalue weighted by atomic mass is 9.85. The van der Waals surface area contributed by atoms with Gasteiger partial charge < -0.3 is 26.0 Å². The number of anilines is 2. The molecule has 0 spiro atoms. The Morgan fingerprint density at radius 1 is 1.45 bits per heavy atom. The number of carbonyl (C=O) groups is 1. The number of hydrogen-bond acceptors (Lipinski definition) is 8. The molecule has 0 radical (unpaired) electrons. The highest BCUT2D eigenvalue weighted by Crippen LogP contribution is 2.31. The summed E-state index contributed by atoms with van der Waals surface area (Å²) in [7, 11) is 0. The van der Waals surface area contributed by atoms with Gasteiger partial charge in [-0.2, -0.15) is 4.98 Å². The molecule has 0 unspecified atom stereocenters. The zero-order valence-corrected chi connectivity index (χ0v) is 10.4. The lowest BCUT2D eigenvalue weighted by molar-refractivity contribution is -0.172. The van der Waals surface area contributed by atoms with E-state index in [4.69, 9.17) is 15.6 Å². The zero-order valence-electron chi connectivity index (χ0n) is 10.4. The second-order valence-electron chi connectivity index (χ2n) is 4.86. The number of Topliss-reactive ketones (excluding diaryl/α,β-unsaturated/α-hetero) is 1. The Kier molecular flexibility index (Phi) is 2.96. The molecule has 9 nitrogen and oxygen atoms in total. The highest BCUT2D eigenvalue weighted by molar-refractivity contribution is 5.88. The van der Waals surface area contributed by atoms with Crippen LogP contribution in [0.1, 0.15) is 5.56 Å². The van der Waals surface area contributed by atoms with Gasteiger partial charge in [-0.1, -0.05) is 0 Å². The van der Waals surface area contributed by atoms with Gasteiger partial charge in [0, 0.05) is 0 Å². The highest BCUT2D eigenvalue weighted by Gasteiger charge is 2.46. The molecule has 1 saturated heterocycles. The van der Waals surface area contributed by atoms with Crippen LogP contribution >= 0.6 is 0 Å². The van der Waals surface area contributed by atoms with Crippen molar-refractivity contribution in [2.24, 2.45) is 5.92 Å². The van der Waals surface area contributed by atoms with Crippen molar-refractivity contribution in [3.63, 3.8) is 0 Å². The molecule has 0 amide bonds. The molecule has 0 aromatic carbocycles. The molecule has 2 aliphatic rings. The molecule has 108 valence electrons. The molecule has 1 fully saturated rings. The number of fused-ring (bicyclic) bond motifs is 2. The largest absolute Gasteiger partial charge is 0.394 e. The maximum Gasteiger partial charge on any atom is 0.257 e. The number of aliphatic hydroxyl groups is 2. The van der Waals surface area contributed by atoms with Crippen molar-refractivity contribution < 1.29 is 19.7 Å². The monoisotopic (exact) mass is 282 g/mol. The number of H-pyrrole nitrogens is 1. The minimum Gasteiger partial charge on any atom is -0.394 e. The number of hydrogen-bond donors (Lipinski definition) is 5. The Morgan fingerprint density at radius 3 is 2.90 bits per heavy atom. The van der Waals surface area contributed by atoms with E-state index in [1.807, 2.05) is 0 Å². The van der Waals surface area contributed by atoms with Crippen LogP contribution in [0.4, 0.5) is 11.8 Å². The third-order valence-corrected chi connectivity index (χ3v) is 3.61. The number of nitrogen functional groups attached to an aromatic ring is 1. The van der Waals surface area contributed by atoms with Gasteiger partial charge in [-0.15, -0.1) is 0 Å². The molecule has 6 N–H and O–H groups in total. The summed E-state index contributed by atoms with van der Waals surface area (Å²) in [5.41, 5.74) is 5.33. The van der Waals surface area contributed by atoms with Crippen LogP contribution in [0.25, 0.3) is 0 Å². The van der Waals surface area contributed by atoms with Gasteiger partial charge in [0.1, 0.15) is 24.3 Å². The quantitative estimate of drug-likeness (QED) is 0.382. The molecule has 2 aliphatic heterocycles. The molecule has 0 aliphatic carbocycles. The topological polar surface area (TPSA) is 151 Å². The van der Waals surface area contributed by atoms with Crippen LogP contribution in [0.3, 0.4) is 0 Å². The Labute approximate surface area is 112 Å². The second-order valence-corrected chi connectivity index (χ2v) is 4.86. The van der Waals surface area contributed by atoms with Gasteiger partial charge in [0.2, 0.25) is 5.95 Å². The van der Waals surface area contributed by atoms with Crippen molar-refractivity contribution in [2.45, 2.75) is 24.9 Å². The first kappa shape index (κ1) is 13.0. The lowest BCUT2D eigenvalue weighted by Gasteiger charge is -2.40. The molecular weight excluding hydrogens is 268 g/mol. The molecule has 20 heavy (non-hydrogen) atoms. The maximum absolute atomic E-state index is 12.1. The molecular formula is C11H14N4O5. The summed E-state index contributed by atoms with van der Waals surface area (Å²) in [4.78, 5) is 30.2. The summed E-state index contributed by atoms with van der Waals surface area (Å²) in [5.74, 6) is -0.949.